The molecule has 1 atom stereocenters. The van der Waals surface area contributed by atoms with Crippen molar-refractivity contribution in [2.24, 2.45) is 17.3 Å². The maximum Gasteiger partial charge on any atom is 0.417 e. The zero-order valence-corrected chi connectivity index (χ0v) is 20.3. The second-order valence-corrected chi connectivity index (χ2v) is 10.3. The van der Waals surface area contributed by atoms with Crippen LogP contribution in [0, 0.1) is 28.6 Å². The number of anilines is 1. The highest BCUT2D eigenvalue weighted by Crippen LogP contribution is 2.47. The summed E-state index contributed by atoms with van der Waals surface area (Å²) >= 11 is 0. The number of amides is 2. The molecule has 0 radical (unpaired) electrons. The molecule has 2 saturated heterocycles. The average Bonchev–Trinajstić information content (AvgIpc) is 3.58. The van der Waals surface area contributed by atoms with E-state index in [-0.39, 0.29) is 29.7 Å². The first-order valence-electron chi connectivity index (χ1n) is 12.6. The molecule has 0 aromatic heterocycles. The zero-order valence-electron chi connectivity index (χ0n) is 20.3. The molecule has 35 heavy (non-hydrogen) atoms. The van der Waals surface area contributed by atoms with Crippen molar-refractivity contribution in [1.29, 1.82) is 5.26 Å². The normalized spacial score (nSPS) is 21.9. The fourth-order valence-corrected chi connectivity index (χ4v) is 5.69. The predicted molar refractivity (Wildman–Crippen MR) is 125 cm³/mol. The Morgan fingerprint density at radius 2 is 1.86 bits per heavy atom. The predicted octanol–water partition coefficient (Wildman–Crippen LogP) is 4.34. The number of piperidine rings is 1. The monoisotopic (exact) mass is 490 g/mol. The number of nitrogens with one attached hydrogen (secondary N) is 1. The van der Waals surface area contributed by atoms with Crippen LogP contribution in [-0.4, -0.2) is 48.9 Å². The highest BCUT2D eigenvalue weighted by molar-refractivity contribution is 5.82. The molecule has 0 bridgehead atoms. The molecular weight excluding hydrogens is 457 g/mol. The van der Waals surface area contributed by atoms with Crippen molar-refractivity contribution in [3.63, 3.8) is 0 Å². The highest BCUT2D eigenvalue weighted by atomic mass is 19.4. The van der Waals surface area contributed by atoms with E-state index >= 15 is 0 Å². The number of likely N-dealkylation sites (tertiary alicyclic amines) is 1. The van der Waals surface area contributed by atoms with Gasteiger partial charge in [-0.25, -0.2) is 0 Å². The number of rotatable bonds is 6. The summed E-state index contributed by atoms with van der Waals surface area (Å²) in [7, 11) is 0. The quantitative estimate of drug-likeness (QED) is 0.644. The topological polar surface area (TPSA) is 76.4 Å². The van der Waals surface area contributed by atoms with Crippen LogP contribution in [0.2, 0.25) is 0 Å². The SMILES string of the molecule is CCC(CC)C(=O)N1CCC2(CC1)CN(c1ccc(C#N)c(C(F)(F)F)c1)CC2C(=O)NC1CC1. The minimum Gasteiger partial charge on any atom is -0.370 e. The standard InChI is InChI=1S/C26H33F3N4O2/c1-3-17(4-2)24(35)32-11-9-25(10-12-32)16-33(15-22(25)23(34)31-19-6-7-19)20-8-5-18(14-30)21(13-20)26(27,28)29/h5,8,13,17,19,22H,3-4,6-7,9-12,15-16H2,1-2H3,(H,31,34). The van der Waals surface area contributed by atoms with E-state index in [9.17, 15) is 22.8 Å². The first-order valence-corrected chi connectivity index (χ1v) is 12.6. The third-order valence-corrected chi connectivity index (χ3v) is 8.09. The summed E-state index contributed by atoms with van der Waals surface area (Å²) in [5.41, 5.74) is -1.40. The van der Waals surface area contributed by atoms with Gasteiger partial charge in [-0.2, -0.15) is 18.4 Å². The van der Waals surface area contributed by atoms with Gasteiger partial charge in [0, 0.05) is 49.2 Å². The molecule has 2 aliphatic heterocycles. The Balaban J connectivity index is 1.58. The molecule has 1 N–H and O–H groups in total. The number of nitriles is 1. The number of hydrogen-bond acceptors (Lipinski definition) is 4. The first kappa shape index (κ1) is 25.3. The number of alkyl halides is 3. The summed E-state index contributed by atoms with van der Waals surface area (Å²) in [5, 5.41) is 12.2. The van der Waals surface area contributed by atoms with Crippen LogP contribution in [0.3, 0.4) is 0 Å². The number of benzene rings is 1. The molecular formula is C26H33F3N4O2. The lowest BCUT2D eigenvalue weighted by Crippen LogP contribution is -2.51. The van der Waals surface area contributed by atoms with E-state index in [2.05, 4.69) is 5.32 Å². The Kier molecular flexibility index (Phi) is 7.03. The first-order chi connectivity index (χ1) is 16.6. The molecule has 3 aliphatic rings. The van der Waals surface area contributed by atoms with E-state index in [0.29, 0.717) is 44.7 Å². The van der Waals surface area contributed by atoms with Crippen LogP contribution in [0.5, 0.6) is 0 Å². The van der Waals surface area contributed by atoms with Gasteiger partial charge in [0.2, 0.25) is 11.8 Å². The van der Waals surface area contributed by atoms with Crippen molar-refractivity contribution in [3.8, 4) is 6.07 Å². The molecule has 1 aromatic rings. The van der Waals surface area contributed by atoms with E-state index in [1.807, 2.05) is 23.6 Å². The van der Waals surface area contributed by atoms with Crippen molar-refractivity contribution < 1.29 is 22.8 Å². The summed E-state index contributed by atoms with van der Waals surface area (Å²) in [6.45, 7) is 5.90. The second kappa shape index (κ2) is 9.71. The molecule has 190 valence electrons. The lowest BCUT2D eigenvalue weighted by atomic mass is 9.70. The second-order valence-electron chi connectivity index (χ2n) is 10.3. The minimum atomic E-state index is -4.64. The van der Waals surface area contributed by atoms with Crippen molar-refractivity contribution >= 4 is 17.5 Å². The molecule has 1 saturated carbocycles. The average molecular weight is 491 g/mol. The van der Waals surface area contributed by atoms with Gasteiger partial charge in [0.25, 0.3) is 0 Å². The van der Waals surface area contributed by atoms with Crippen molar-refractivity contribution in [3.05, 3.63) is 29.3 Å². The van der Waals surface area contributed by atoms with E-state index in [0.717, 1.165) is 31.7 Å². The van der Waals surface area contributed by atoms with Gasteiger partial charge >= 0.3 is 6.18 Å². The molecule has 4 rings (SSSR count). The Labute approximate surface area is 204 Å². The van der Waals surface area contributed by atoms with Crippen molar-refractivity contribution in [1.82, 2.24) is 10.2 Å². The smallest absolute Gasteiger partial charge is 0.370 e. The van der Waals surface area contributed by atoms with Crippen LogP contribution in [0.25, 0.3) is 0 Å². The van der Waals surface area contributed by atoms with Crippen LogP contribution < -0.4 is 10.2 Å². The van der Waals surface area contributed by atoms with Crippen LogP contribution in [0.4, 0.5) is 18.9 Å². The molecule has 1 spiro atoms. The Bertz CT molecular complexity index is 1000. The zero-order chi connectivity index (χ0) is 25.4. The summed E-state index contributed by atoms with van der Waals surface area (Å²) in [4.78, 5) is 29.9. The summed E-state index contributed by atoms with van der Waals surface area (Å²) in [6, 6.07) is 5.59. The third-order valence-electron chi connectivity index (χ3n) is 8.09. The maximum atomic E-state index is 13.6. The maximum absolute atomic E-state index is 13.6. The van der Waals surface area contributed by atoms with Gasteiger partial charge in [-0.05, 0) is 56.7 Å². The van der Waals surface area contributed by atoms with Gasteiger partial charge < -0.3 is 15.1 Å². The fraction of sp³-hybridized carbons (Fsp3) is 0.654. The summed E-state index contributed by atoms with van der Waals surface area (Å²) < 4.78 is 40.7. The third kappa shape index (κ3) is 5.12. The van der Waals surface area contributed by atoms with Gasteiger partial charge in [-0.3, -0.25) is 9.59 Å². The number of halogens is 3. The van der Waals surface area contributed by atoms with E-state index in [1.54, 1.807) is 6.07 Å². The summed E-state index contributed by atoms with van der Waals surface area (Å²) in [5.74, 6) is -0.254. The van der Waals surface area contributed by atoms with E-state index in [4.69, 9.17) is 5.26 Å². The lowest BCUT2D eigenvalue weighted by molar-refractivity contribution is -0.139. The molecule has 2 heterocycles. The molecule has 9 heteroatoms. The van der Waals surface area contributed by atoms with Crippen LogP contribution >= 0.6 is 0 Å². The van der Waals surface area contributed by atoms with Gasteiger partial charge in [0.1, 0.15) is 0 Å². The summed E-state index contributed by atoms with van der Waals surface area (Å²) in [6.07, 6.45) is 0.132. The Hall–Kier alpha value is -2.76. The minimum absolute atomic E-state index is 0.00229. The number of hydrogen-bond donors (Lipinski definition) is 1. The van der Waals surface area contributed by atoms with Crippen molar-refractivity contribution in [2.75, 3.05) is 31.1 Å². The van der Waals surface area contributed by atoms with Gasteiger partial charge in [0.05, 0.1) is 23.1 Å². The highest BCUT2D eigenvalue weighted by Gasteiger charge is 2.52. The van der Waals surface area contributed by atoms with E-state index < -0.39 is 22.7 Å². The van der Waals surface area contributed by atoms with Crippen molar-refractivity contribution in [2.45, 2.75) is 64.6 Å². The lowest BCUT2D eigenvalue weighted by Gasteiger charge is -2.42. The van der Waals surface area contributed by atoms with Gasteiger partial charge in [-0.1, -0.05) is 13.8 Å². The van der Waals surface area contributed by atoms with E-state index in [1.165, 1.54) is 12.1 Å². The van der Waals surface area contributed by atoms with Crippen LogP contribution in [0.15, 0.2) is 18.2 Å². The molecule has 1 aliphatic carbocycles. The van der Waals surface area contributed by atoms with Gasteiger partial charge in [-0.15, -0.1) is 0 Å². The number of carbonyl (C=O) groups excluding carboxylic acids is 2. The Morgan fingerprint density at radius 3 is 2.40 bits per heavy atom. The largest absolute Gasteiger partial charge is 0.417 e. The molecule has 1 unspecified atom stereocenters. The Morgan fingerprint density at radius 1 is 1.20 bits per heavy atom. The van der Waals surface area contributed by atoms with Gasteiger partial charge in [0.15, 0.2) is 0 Å². The number of carbonyl (C=O) groups is 2. The van der Waals surface area contributed by atoms with Crippen LogP contribution in [-0.2, 0) is 15.8 Å². The fourth-order valence-electron chi connectivity index (χ4n) is 5.69. The van der Waals surface area contributed by atoms with Crippen LogP contribution in [0.1, 0.15) is 63.5 Å². The number of nitrogens with zero attached hydrogens (tertiary/aromatic N) is 3. The molecule has 6 nitrogen and oxygen atoms in total. The molecule has 2 amide bonds. The molecule has 1 aromatic carbocycles. The molecule has 3 fully saturated rings.